The molecule has 4 heterocycles. The molecular formula is C27H22ClN3O3. The maximum Gasteiger partial charge on any atom is 0.250 e. The Morgan fingerprint density at radius 3 is 2.65 bits per heavy atom. The molecular weight excluding hydrogens is 450 g/mol. The lowest BCUT2D eigenvalue weighted by Gasteiger charge is -2.36. The van der Waals surface area contributed by atoms with Crippen molar-refractivity contribution in [3.05, 3.63) is 70.7 Å². The first-order valence-electron chi connectivity index (χ1n) is 11.7. The lowest BCUT2D eigenvalue weighted by Crippen LogP contribution is -2.54. The van der Waals surface area contributed by atoms with Crippen LogP contribution in [0.15, 0.2) is 54.6 Å². The number of nitrogens with one attached hydrogen (secondary N) is 1. The van der Waals surface area contributed by atoms with Gasteiger partial charge in [0.25, 0.3) is 0 Å². The van der Waals surface area contributed by atoms with Crippen LogP contribution in [-0.2, 0) is 19.9 Å². The van der Waals surface area contributed by atoms with Crippen LogP contribution < -0.4 is 10.2 Å². The maximum atomic E-state index is 14.2. The molecule has 0 aliphatic carbocycles. The molecule has 4 aliphatic heterocycles. The second-order valence-corrected chi connectivity index (χ2v) is 10.1. The first-order valence-corrected chi connectivity index (χ1v) is 12.1. The smallest absolute Gasteiger partial charge is 0.250 e. The van der Waals surface area contributed by atoms with Crippen LogP contribution in [0, 0.1) is 18.8 Å². The standard InChI is InChI=1S/C27H22ClN3O3/c1-14-18(28)12-11-17-23(14)29-26(34)27(17)22-21(20-10-5-13-30(20)27)24(32)31(25(22)33)19-9-4-7-15-6-2-3-8-16(15)19/h2-4,6-9,11-12,20-22H,5,10,13H2,1H3,(H,29,34). The fourth-order valence-corrected chi connectivity index (χ4v) is 7.19. The molecule has 4 unspecified atom stereocenters. The van der Waals surface area contributed by atoms with Crippen LogP contribution in [0.3, 0.4) is 0 Å². The van der Waals surface area contributed by atoms with E-state index in [-0.39, 0.29) is 23.8 Å². The summed E-state index contributed by atoms with van der Waals surface area (Å²) in [5.41, 5.74) is 1.62. The number of amides is 3. The number of halogens is 1. The zero-order chi connectivity index (χ0) is 23.4. The Labute approximate surface area is 201 Å². The fourth-order valence-electron chi connectivity index (χ4n) is 7.03. The molecule has 34 heavy (non-hydrogen) atoms. The molecule has 0 aromatic heterocycles. The summed E-state index contributed by atoms with van der Waals surface area (Å²) in [5.74, 6) is -2.05. The van der Waals surface area contributed by atoms with E-state index < -0.39 is 17.4 Å². The molecule has 1 N–H and O–H groups in total. The van der Waals surface area contributed by atoms with Crippen LogP contribution in [0.4, 0.5) is 11.4 Å². The van der Waals surface area contributed by atoms with Crippen molar-refractivity contribution in [1.82, 2.24) is 4.90 Å². The Morgan fingerprint density at radius 1 is 1.00 bits per heavy atom. The lowest BCUT2D eigenvalue weighted by atomic mass is 9.75. The lowest BCUT2D eigenvalue weighted by molar-refractivity contribution is -0.135. The summed E-state index contributed by atoms with van der Waals surface area (Å²) in [6.45, 7) is 2.55. The third-order valence-corrected chi connectivity index (χ3v) is 8.78. The van der Waals surface area contributed by atoms with Crippen molar-refractivity contribution in [2.24, 2.45) is 11.8 Å². The van der Waals surface area contributed by atoms with Gasteiger partial charge in [0.1, 0.15) is 5.54 Å². The highest BCUT2D eigenvalue weighted by Gasteiger charge is 2.74. The second kappa shape index (κ2) is 6.68. The van der Waals surface area contributed by atoms with E-state index >= 15 is 0 Å². The van der Waals surface area contributed by atoms with E-state index in [0.717, 1.165) is 34.7 Å². The van der Waals surface area contributed by atoms with Gasteiger partial charge in [0.15, 0.2) is 0 Å². The van der Waals surface area contributed by atoms with Gasteiger partial charge in [-0.2, -0.15) is 0 Å². The Bertz CT molecular complexity index is 1450. The molecule has 0 saturated carbocycles. The van der Waals surface area contributed by atoms with Crippen LogP contribution in [-0.4, -0.2) is 35.2 Å². The highest BCUT2D eigenvalue weighted by Crippen LogP contribution is 2.61. The van der Waals surface area contributed by atoms with Gasteiger partial charge in [0.2, 0.25) is 17.7 Å². The summed E-state index contributed by atoms with van der Waals surface area (Å²) in [6, 6.07) is 16.9. The van der Waals surface area contributed by atoms with E-state index in [2.05, 4.69) is 10.2 Å². The Balaban J connectivity index is 1.46. The third kappa shape index (κ3) is 2.19. The number of carbonyl (C=O) groups is 3. The summed E-state index contributed by atoms with van der Waals surface area (Å²) in [6.07, 6.45) is 1.68. The minimum absolute atomic E-state index is 0.144. The van der Waals surface area contributed by atoms with E-state index in [9.17, 15) is 14.4 Å². The zero-order valence-electron chi connectivity index (χ0n) is 18.5. The van der Waals surface area contributed by atoms with Crippen molar-refractivity contribution in [3.8, 4) is 0 Å². The molecule has 1 spiro atoms. The predicted molar refractivity (Wildman–Crippen MR) is 130 cm³/mol. The van der Waals surface area contributed by atoms with Gasteiger partial charge in [0, 0.05) is 22.0 Å². The highest BCUT2D eigenvalue weighted by atomic mass is 35.5. The number of carbonyl (C=O) groups excluding carboxylic acids is 3. The van der Waals surface area contributed by atoms with Gasteiger partial charge >= 0.3 is 0 Å². The number of anilines is 2. The van der Waals surface area contributed by atoms with E-state index in [0.29, 0.717) is 22.9 Å². The van der Waals surface area contributed by atoms with Crippen LogP contribution in [0.25, 0.3) is 10.8 Å². The molecule has 3 aromatic carbocycles. The molecule has 0 bridgehead atoms. The summed E-state index contributed by atoms with van der Waals surface area (Å²) < 4.78 is 0. The number of nitrogens with zero attached hydrogens (tertiary/aromatic N) is 2. The summed E-state index contributed by atoms with van der Waals surface area (Å²) >= 11 is 6.37. The van der Waals surface area contributed by atoms with E-state index in [1.54, 1.807) is 6.07 Å². The van der Waals surface area contributed by atoms with Gasteiger partial charge in [-0.25, -0.2) is 4.90 Å². The molecule has 4 aliphatic rings. The minimum Gasteiger partial charge on any atom is -0.324 e. The maximum absolute atomic E-state index is 14.2. The van der Waals surface area contributed by atoms with Gasteiger partial charge in [-0.05, 0) is 49.4 Å². The average molecular weight is 472 g/mol. The quantitative estimate of drug-likeness (QED) is 0.539. The van der Waals surface area contributed by atoms with Crippen LogP contribution in [0.2, 0.25) is 5.02 Å². The first-order chi connectivity index (χ1) is 16.5. The van der Waals surface area contributed by atoms with Crippen LogP contribution >= 0.6 is 11.6 Å². The van der Waals surface area contributed by atoms with E-state index in [1.807, 2.05) is 55.5 Å². The number of fused-ring (bicyclic) bond motifs is 8. The molecule has 3 aromatic rings. The minimum atomic E-state index is -1.19. The summed E-state index contributed by atoms with van der Waals surface area (Å²) in [4.78, 5) is 45.5. The normalized spacial score (nSPS) is 29.8. The predicted octanol–water partition coefficient (Wildman–Crippen LogP) is 4.23. The van der Waals surface area contributed by atoms with Crippen molar-refractivity contribution in [3.63, 3.8) is 0 Å². The molecule has 3 fully saturated rings. The highest BCUT2D eigenvalue weighted by molar-refractivity contribution is 6.32. The SMILES string of the molecule is Cc1c(Cl)ccc2c1NC(=O)C21C2C(=O)N(c3cccc4ccccc34)C(=O)C2C2CCCN21. The van der Waals surface area contributed by atoms with Gasteiger partial charge in [-0.15, -0.1) is 0 Å². The molecule has 6 nitrogen and oxygen atoms in total. The Morgan fingerprint density at radius 2 is 1.79 bits per heavy atom. The molecule has 0 radical (unpaired) electrons. The van der Waals surface area contributed by atoms with Crippen molar-refractivity contribution in [2.45, 2.75) is 31.3 Å². The number of hydrogen-bond acceptors (Lipinski definition) is 4. The fraction of sp³-hybridized carbons (Fsp3) is 0.296. The number of imide groups is 1. The monoisotopic (exact) mass is 471 g/mol. The van der Waals surface area contributed by atoms with E-state index in [4.69, 9.17) is 11.6 Å². The number of rotatable bonds is 1. The van der Waals surface area contributed by atoms with Crippen molar-refractivity contribution in [1.29, 1.82) is 0 Å². The largest absolute Gasteiger partial charge is 0.324 e. The van der Waals surface area contributed by atoms with Crippen LogP contribution in [0.5, 0.6) is 0 Å². The first kappa shape index (κ1) is 20.2. The van der Waals surface area contributed by atoms with Gasteiger partial charge in [-0.1, -0.05) is 54.1 Å². The number of hydrogen-bond donors (Lipinski definition) is 1. The molecule has 170 valence electrons. The Kier molecular flexibility index (Phi) is 3.96. The van der Waals surface area contributed by atoms with Crippen LogP contribution in [0.1, 0.15) is 24.0 Å². The zero-order valence-corrected chi connectivity index (χ0v) is 19.3. The van der Waals surface area contributed by atoms with Crippen molar-refractivity contribution in [2.75, 3.05) is 16.8 Å². The van der Waals surface area contributed by atoms with Crippen molar-refractivity contribution >= 4 is 51.5 Å². The topological polar surface area (TPSA) is 69.7 Å². The summed E-state index contributed by atoms with van der Waals surface area (Å²) in [7, 11) is 0. The number of benzene rings is 3. The van der Waals surface area contributed by atoms with Gasteiger partial charge in [0.05, 0.1) is 23.2 Å². The van der Waals surface area contributed by atoms with Crippen molar-refractivity contribution < 1.29 is 14.4 Å². The summed E-state index contributed by atoms with van der Waals surface area (Å²) in [5, 5.41) is 5.41. The molecule has 7 heteroatoms. The second-order valence-electron chi connectivity index (χ2n) is 9.73. The molecule has 7 rings (SSSR count). The average Bonchev–Trinajstić information content (AvgIpc) is 3.55. The molecule has 3 saturated heterocycles. The molecule has 4 atom stereocenters. The van der Waals surface area contributed by atoms with Gasteiger partial charge < -0.3 is 5.32 Å². The Hall–Kier alpha value is -3.22. The van der Waals surface area contributed by atoms with Gasteiger partial charge in [-0.3, -0.25) is 19.3 Å². The molecule has 3 amide bonds. The third-order valence-electron chi connectivity index (χ3n) is 8.37. The van der Waals surface area contributed by atoms with E-state index in [1.165, 1.54) is 4.90 Å².